The van der Waals surface area contributed by atoms with Gasteiger partial charge >= 0.3 is 0 Å². The molecule has 0 radical (unpaired) electrons. The van der Waals surface area contributed by atoms with Crippen molar-refractivity contribution >= 4 is 6.29 Å². The average Bonchev–Trinajstić information content (AvgIpc) is 2.25. The first-order valence-corrected chi connectivity index (χ1v) is 5.03. The quantitative estimate of drug-likeness (QED) is 0.648. The molecule has 0 aliphatic heterocycles. The largest absolute Gasteiger partial charge is 0.483 e. The summed E-state index contributed by atoms with van der Waals surface area (Å²) >= 11 is 0. The minimum absolute atomic E-state index is 0.294. The summed E-state index contributed by atoms with van der Waals surface area (Å²) in [5.41, 5.74) is 0. The number of aldehydes is 1. The van der Waals surface area contributed by atoms with Crippen LogP contribution < -0.4 is 4.74 Å². The topological polar surface area (TPSA) is 26.3 Å². The fraction of sp³-hybridized carbons (Fsp3) is 0.417. The van der Waals surface area contributed by atoms with Gasteiger partial charge in [-0.15, -0.1) is 0 Å². The van der Waals surface area contributed by atoms with E-state index < -0.39 is 0 Å². The molecular weight excluding hydrogens is 176 g/mol. The van der Waals surface area contributed by atoms with Crippen molar-refractivity contribution in [3.8, 4) is 5.75 Å². The van der Waals surface area contributed by atoms with Crippen LogP contribution >= 0.6 is 0 Å². The Morgan fingerprint density at radius 3 is 2.64 bits per heavy atom. The normalized spacial score (nSPS) is 12.1. The summed E-state index contributed by atoms with van der Waals surface area (Å²) < 4.78 is 5.50. The van der Waals surface area contributed by atoms with Gasteiger partial charge in [-0.2, -0.15) is 0 Å². The number of para-hydroxylation sites is 1. The summed E-state index contributed by atoms with van der Waals surface area (Å²) in [6.07, 6.45) is 3.49. The smallest absolute Gasteiger partial charge is 0.160 e. The number of benzene rings is 1. The van der Waals surface area contributed by atoms with Crippen molar-refractivity contribution in [2.75, 3.05) is 0 Å². The predicted molar refractivity (Wildman–Crippen MR) is 56.4 cm³/mol. The molecule has 0 spiro atoms. The lowest BCUT2D eigenvalue weighted by atomic mass is 10.2. The molecule has 1 atom stereocenters. The summed E-state index contributed by atoms with van der Waals surface area (Å²) in [6, 6.07) is 9.45. The number of carbonyl (C=O) groups excluding carboxylic acids is 1. The van der Waals surface area contributed by atoms with E-state index in [9.17, 15) is 4.79 Å². The van der Waals surface area contributed by atoms with Gasteiger partial charge in [-0.25, -0.2) is 0 Å². The molecule has 0 N–H and O–H groups in total. The minimum atomic E-state index is -0.294. The molecule has 1 aromatic rings. The molecule has 0 aromatic heterocycles. The van der Waals surface area contributed by atoms with Gasteiger partial charge in [-0.1, -0.05) is 31.5 Å². The van der Waals surface area contributed by atoms with Crippen molar-refractivity contribution in [1.29, 1.82) is 0 Å². The Morgan fingerprint density at radius 2 is 2.07 bits per heavy atom. The predicted octanol–water partition coefficient (Wildman–Crippen LogP) is 2.82. The van der Waals surface area contributed by atoms with Crippen molar-refractivity contribution in [3.63, 3.8) is 0 Å². The highest BCUT2D eigenvalue weighted by Gasteiger charge is 2.07. The van der Waals surface area contributed by atoms with Crippen molar-refractivity contribution in [3.05, 3.63) is 30.3 Å². The molecule has 1 unspecified atom stereocenters. The third kappa shape index (κ3) is 3.60. The van der Waals surface area contributed by atoms with Crippen LogP contribution in [0.4, 0.5) is 0 Å². The zero-order valence-electron chi connectivity index (χ0n) is 8.48. The summed E-state index contributed by atoms with van der Waals surface area (Å²) in [6.45, 7) is 2.10. The van der Waals surface area contributed by atoms with Crippen LogP contribution in [0.2, 0.25) is 0 Å². The number of carbonyl (C=O) groups is 1. The van der Waals surface area contributed by atoms with E-state index in [2.05, 4.69) is 6.92 Å². The summed E-state index contributed by atoms with van der Waals surface area (Å²) in [4.78, 5) is 10.7. The van der Waals surface area contributed by atoms with Crippen LogP contribution in [0.5, 0.6) is 5.75 Å². The van der Waals surface area contributed by atoms with Gasteiger partial charge in [-0.05, 0) is 25.0 Å². The zero-order valence-corrected chi connectivity index (χ0v) is 8.48. The molecule has 2 nitrogen and oxygen atoms in total. The van der Waals surface area contributed by atoms with Crippen molar-refractivity contribution < 1.29 is 9.53 Å². The lowest BCUT2D eigenvalue weighted by Gasteiger charge is -2.12. The number of rotatable bonds is 6. The molecule has 0 saturated heterocycles. The van der Waals surface area contributed by atoms with E-state index >= 15 is 0 Å². The van der Waals surface area contributed by atoms with Crippen molar-refractivity contribution in [2.45, 2.75) is 32.3 Å². The molecule has 1 aromatic carbocycles. The summed E-state index contributed by atoms with van der Waals surface area (Å²) in [5.74, 6) is 0.765. The average molecular weight is 192 g/mol. The zero-order chi connectivity index (χ0) is 10.2. The van der Waals surface area contributed by atoms with Gasteiger partial charge in [0, 0.05) is 0 Å². The van der Waals surface area contributed by atoms with E-state index in [4.69, 9.17) is 4.74 Å². The van der Waals surface area contributed by atoms with Gasteiger partial charge in [0.15, 0.2) is 12.4 Å². The van der Waals surface area contributed by atoms with E-state index in [1.54, 1.807) is 0 Å². The van der Waals surface area contributed by atoms with Gasteiger partial charge in [0.1, 0.15) is 5.75 Å². The van der Waals surface area contributed by atoms with Crippen molar-refractivity contribution in [2.24, 2.45) is 0 Å². The number of hydrogen-bond acceptors (Lipinski definition) is 2. The first kappa shape index (κ1) is 10.8. The molecule has 1 rings (SSSR count). The lowest BCUT2D eigenvalue weighted by Crippen LogP contribution is -2.17. The maximum absolute atomic E-state index is 10.7. The van der Waals surface area contributed by atoms with Gasteiger partial charge in [0.25, 0.3) is 0 Å². The fourth-order valence-corrected chi connectivity index (χ4v) is 1.23. The van der Waals surface area contributed by atoms with Gasteiger partial charge in [-0.3, -0.25) is 4.79 Å². The molecular formula is C12H16O2. The molecule has 0 saturated carbocycles. The molecule has 76 valence electrons. The Kier molecular flexibility index (Phi) is 4.76. The third-order valence-corrected chi connectivity index (χ3v) is 2.02. The van der Waals surface area contributed by atoms with Crippen LogP contribution in [0, 0.1) is 0 Å². The second-order valence-electron chi connectivity index (χ2n) is 3.25. The highest BCUT2D eigenvalue weighted by molar-refractivity contribution is 5.56. The minimum Gasteiger partial charge on any atom is -0.483 e. The molecule has 0 aliphatic rings. The van der Waals surface area contributed by atoms with E-state index in [0.717, 1.165) is 31.3 Å². The van der Waals surface area contributed by atoms with E-state index in [0.29, 0.717) is 0 Å². The van der Waals surface area contributed by atoms with Crippen LogP contribution in [0.1, 0.15) is 26.2 Å². The molecule has 0 fully saturated rings. The van der Waals surface area contributed by atoms with E-state index in [1.807, 2.05) is 30.3 Å². The Balaban J connectivity index is 2.44. The van der Waals surface area contributed by atoms with E-state index in [1.165, 1.54) is 0 Å². The van der Waals surface area contributed by atoms with Crippen LogP contribution in [0.25, 0.3) is 0 Å². The summed E-state index contributed by atoms with van der Waals surface area (Å²) in [7, 11) is 0. The molecule has 0 heterocycles. The maximum atomic E-state index is 10.7. The first-order chi connectivity index (χ1) is 6.86. The van der Waals surface area contributed by atoms with Crippen LogP contribution in [0.15, 0.2) is 30.3 Å². The monoisotopic (exact) mass is 192 g/mol. The SMILES string of the molecule is CCCCC(C=O)Oc1ccccc1. The second kappa shape index (κ2) is 6.19. The molecule has 0 bridgehead atoms. The Hall–Kier alpha value is -1.31. The Morgan fingerprint density at radius 1 is 1.36 bits per heavy atom. The first-order valence-electron chi connectivity index (χ1n) is 5.03. The van der Waals surface area contributed by atoms with Crippen LogP contribution in [-0.2, 0) is 4.79 Å². The van der Waals surface area contributed by atoms with Crippen molar-refractivity contribution in [1.82, 2.24) is 0 Å². The molecule has 0 amide bonds. The summed E-state index contributed by atoms with van der Waals surface area (Å²) in [5, 5.41) is 0. The molecule has 14 heavy (non-hydrogen) atoms. The molecule has 2 heteroatoms. The molecule has 0 aliphatic carbocycles. The van der Waals surface area contributed by atoms with Gasteiger partial charge in [0.05, 0.1) is 0 Å². The number of unbranched alkanes of at least 4 members (excludes halogenated alkanes) is 1. The highest BCUT2D eigenvalue weighted by Crippen LogP contribution is 2.12. The standard InChI is InChI=1S/C12H16O2/c1-2-3-7-12(10-13)14-11-8-5-4-6-9-11/h4-6,8-10,12H,2-3,7H2,1H3. The second-order valence-corrected chi connectivity index (χ2v) is 3.25. The van der Waals surface area contributed by atoms with Gasteiger partial charge < -0.3 is 4.74 Å². The third-order valence-electron chi connectivity index (χ3n) is 2.02. The Labute approximate surface area is 84.9 Å². The lowest BCUT2D eigenvalue weighted by molar-refractivity contribution is -0.114. The number of ether oxygens (including phenoxy) is 1. The van der Waals surface area contributed by atoms with Crippen LogP contribution in [0.3, 0.4) is 0 Å². The maximum Gasteiger partial charge on any atom is 0.160 e. The van der Waals surface area contributed by atoms with Gasteiger partial charge in [0.2, 0.25) is 0 Å². The Bertz CT molecular complexity index is 256. The highest BCUT2D eigenvalue weighted by atomic mass is 16.5. The number of hydrogen-bond donors (Lipinski definition) is 0. The van der Waals surface area contributed by atoms with E-state index in [-0.39, 0.29) is 6.10 Å². The fourth-order valence-electron chi connectivity index (χ4n) is 1.23. The van der Waals surface area contributed by atoms with Crippen LogP contribution in [-0.4, -0.2) is 12.4 Å².